The Morgan fingerprint density at radius 2 is 1.95 bits per heavy atom. The van der Waals surface area contributed by atoms with E-state index in [0.29, 0.717) is 0 Å². The van der Waals surface area contributed by atoms with Gasteiger partial charge >= 0.3 is 0 Å². The molecule has 0 saturated carbocycles. The zero-order valence-corrected chi connectivity index (χ0v) is 14.0. The molecule has 1 aromatic carbocycles. The number of amides is 1. The summed E-state index contributed by atoms with van der Waals surface area (Å²) in [7, 11) is 2.17. The molecule has 1 N–H and O–H groups in total. The average molecular weight is 304 g/mol. The Labute approximate surface area is 133 Å². The summed E-state index contributed by atoms with van der Waals surface area (Å²) in [5.41, 5.74) is 1.18. The number of benzene rings is 1. The van der Waals surface area contributed by atoms with Gasteiger partial charge in [-0.3, -0.25) is 4.79 Å². The van der Waals surface area contributed by atoms with E-state index in [0.717, 1.165) is 24.6 Å². The lowest BCUT2D eigenvalue weighted by Crippen LogP contribution is -2.38. The van der Waals surface area contributed by atoms with Gasteiger partial charge in [-0.2, -0.15) is 0 Å². The van der Waals surface area contributed by atoms with Gasteiger partial charge < -0.3 is 15.0 Å². The summed E-state index contributed by atoms with van der Waals surface area (Å²) < 4.78 is 5.67. The maximum absolute atomic E-state index is 12.1. The molecule has 1 unspecified atom stereocenters. The Hall–Kier alpha value is -1.55. The Morgan fingerprint density at radius 3 is 2.59 bits per heavy atom. The van der Waals surface area contributed by atoms with Crippen LogP contribution in [0.1, 0.15) is 31.7 Å². The second kappa shape index (κ2) is 8.18. The summed E-state index contributed by atoms with van der Waals surface area (Å²) in [5.74, 6) is 1.45. The third-order valence-electron chi connectivity index (χ3n) is 4.39. The lowest BCUT2D eigenvalue weighted by atomic mass is 9.94. The first-order chi connectivity index (χ1) is 10.5. The van der Waals surface area contributed by atoms with Crippen LogP contribution < -0.4 is 10.1 Å². The Balaban J connectivity index is 1.67. The first-order valence-electron chi connectivity index (χ1n) is 8.24. The molecule has 1 fully saturated rings. The molecule has 0 radical (unpaired) electrons. The lowest BCUT2D eigenvalue weighted by molar-refractivity contribution is -0.127. The minimum atomic E-state index is -0.458. The van der Waals surface area contributed by atoms with Crippen LogP contribution in [0.25, 0.3) is 0 Å². The molecule has 1 aromatic rings. The molecule has 4 heteroatoms. The molecule has 1 heterocycles. The standard InChI is InChI=1S/C18H28N2O2/c1-14-4-6-17(7-5-14)22-15(2)18(21)19-11-8-16-9-12-20(3)13-10-16/h4-7,15-16H,8-13H2,1-3H3,(H,19,21). The van der Waals surface area contributed by atoms with Crippen LogP contribution in [-0.2, 0) is 4.79 Å². The quantitative estimate of drug-likeness (QED) is 0.878. The van der Waals surface area contributed by atoms with Crippen molar-refractivity contribution in [1.82, 2.24) is 10.2 Å². The molecule has 1 saturated heterocycles. The number of nitrogens with zero attached hydrogens (tertiary/aromatic N) is 1. The number of ether oxygens (including phenoxy) is 1. The topological polar surface area (TPSA) is 41.6 Å². The number of rotatable bonds is 6. The van der Waals surface area contributed by atoms with E-state index >= 15 is 0 Å². The van der Waals surface area contributed by atoms with Gasteiger partial charge in [-0.1, -0.05) is 17.7 Å². The largest absolute Gasteiger partial charge is 0.481 e. The van der Waals surface area contributed by atoms with Crippen LogP contribution in [0, 0.1) is 12.8 Å². The molecule has 1 atom stereocenters. The van der Waals surface area contributed by atoms with Crippen molar-refractivity contribution in [3.63, 3.8) is 0 Å². The summed E-state index contributed by atoms with van der Waals surface area (Å²) in [6.45, 7) is 6.92. The average Bonchev–Trinajstić information content (AvgIpc) is 2.51. The van der Waals surface area contributed by atoms with Crippen molar-refractivity contribution in [2.45, 2.75) is 39.2 Å². The van der Waals surface area contributed by atoms with Crippen LogP contribution in [0.15, 0.2) is 24.3 Å². The molecular formula is C18H28N2O2. The van der Waals surface area contributed by atoms with Gasteiger partial charge in [0.15, 0.2) is 6.10 Å². The number of carbonyl (C=O) groups excluding carboxylic acids is 1. The summed E-state index contributed by atoms with van der Waals surface area (Å²) >= 11 is 0. The zero-order chi connectivity index (χ0) is 15.9. The van der Waals surface area contributed by atoms with Crippen molar-refractivity contribution < 1.29 is 9.53 Å². The highest BCUT2D eigenvalue weighted by atomic mass is 16.5. The second-order valence-electron chi connectivity index (χ2n) is 6.40. The van der Waals surface area contributed by atoms with Crippen molar-refractivity contribution in [2.75, 3.05) is 26.7 Å². The number of hydrogen-bond acceptors (Lipinski definition) is 3. The molecular weight excluding hydrogens is 276 g/mol. The normalized spacial score (nSPS) is 18.0. The van der Waals surface area contributed by atoms with E-state index in [9.17, 15) is 4.79 Å². The van der Waals surface area contributed by atoms with Crippen LogP contribution in [0.2, 0.25) is 0 Å². The van der Waals surface area contributed by atoms with Gasteiger partial charge in [-0.15, -0.1) is 0 Å². The smallest absolute Gasteiger partial charge is 0.260 e. The lowest BCUT2D eigenvalue weighted by Gasteiger charge is -2.29. The van der Waals surface area contributed by atoms with Gasteiger partial charge in [-0.05, 0) is 71.3 Å². The molecule has 22 heavy (non-hydrogen) atoms. The van der Waals surface area contributed by atoms with E-state index in [-0.39, 0.29) is 5.91 Å². The molecule has 2 rings (SSSR count). The minimum absolute atomic E-state index is 0.0338. The molecule has 122 valence electrons. The van der Waals surface area contributed by atoms with Gasteiger partial charge in [0.05, 0.1) is 0 Å². The fraction of sp³-hybridized carbons (Fsp3) is 0.611. The SMILES string of the molecule is Cc1ccc(OC(C)C(=O)NCCC2CCN(C)CC2)cc1. The van der Waals surface area contributed by atoms with Gasteiger partial charge in [0.25, 0.3) is 5.91 Å². The van der Waals surface area contributed by atoms with E-state index < -0.39 is 6.10 Å². The molecule has 0 spiro atoms. The van der Waals surface area contributed by atoms with Crippen LogP contribution in [0.5, 0.6) is 5.75 Å². The highest BCUT2D eigenvalue weighted by molar-refractivity contribution is 5.80. The number of likely N-dealkylation sites (tertiary alicyclic amines) is 1. The van der Waals surface area contributed by atoms with E-state index in [1.807, 2.05) is 31.2 Å². The predicted octanol–water partition coefficient (Wildman–Crippen LogP) is 2.61. The van der Waals surface area contributed by atoms with Crippen LogP contribution >= 0.6 is 0 Å². The minimum Gasteiger partial charge on any atom is -0.481 e. The zero-order valence-electron chi connectivity index (χ0n) is 14.0. The number of aryl methyl sites for hydroxylation is 1. The van der Waals surface area contributed by atoms with Gasteiger partial charge in [0.1, 0.15) is 5.75 Å². The first-order valence-corrected chi connectivity index (χ1v) is 8.24. The first kappa shape index (κ1) is 16.8. The van der Waals surface area contributed by atoms with E-state index in [1.54, 1.807) is 6.92 Å². The molecule has 0 bridgehead atoms. The van der Waals surface area contributed by atoms with E-state index in [4.69, 9.17) is 4.74 Å². The number of carbonyl (C=O) groups is 1. The second-order valence-corrected chi connectivity index (χ2v) is 6.40. The molecule has 1 aliphatic rings. The highest BCUT2D eigenvalue weighted by Crippen LogP contribution is 2.18. The number of piperidine rings is 1. The van der Waals surface area contributed by atoms with E-state index in [1.165, 1.54) is 31.5 Å². The Kier molecular flexibility index (Phi) is 6.25. The molecule has 4 nitrogen and oxygen atoms in total. The summed E-state index contributed by atoms with van der Waals surface area (Å²) in [5, 5.41) is 3.00. The maximum Gasteiger partial charge on any atom is 0.260 e. The van der Waals surface area contributed by atoms with Crippen molar-refractivity contribution in [2.24, 2.45) is 5.92 Å². The summed E-state index contributed by atoms with van der Waals surface area (Å²) in [4.78, 5) is 14.4. The van der Waals surface area contributed by atoms with Crippen molar-refractivity contribution in [1.29, 1.82) is 0 Å². The molecule has 0 aliphatic carbocycles. The third kappa shape index (κ3) is 5.34. The molecule has 0 aromatic heterocycles. The highest BCUT2D eigenvalue weighted by Gasteiger charge is 2.18. The van der Waals surface area contributed by atoms with E-state index in [2.05, 4.69) is 17.3 Å². The van der Waals surface area contributed by atoms with Crippen LogP contribution in [0.3, 0.4) is 0 Å². The predicted molar refractivity (Wildman–Crippen MR) is 89.1 cm³/mol. The molecule has 1 aliphatic heterocycles. The van der Waals surface area contributed by atoms with Gasteiger partial charge in [0, 0.05) is 6.54 Å². The monoisotopic (exact) mass is 304 g/mol. The molecule has 1 amide bonds. The van der Waals surface area contributed by atoms with Crippen LogP contribution in [0.4, 0.5) is 0 Å². The van der Waals surface area contributed by atoms with Gasteiger partial charge in [-0.25, -0.2) is 0 Å². The van der Waals surface area contributed by atoms with Crippen LogP contribution in [-0.4, -0.2) is 43.6 Å². The maximum atomic E-state index is 12.1. The summed E-state index contributed by atoms with van der Waals surface area (Å²) in [6, 6.07) is 7.77. The van der Waals surface area contributed by atoms with Gasteiger partial charge in [0.2, 0.25) is 0 Å². The summed E-state index contributed by atoms with van der Waals surface area (Å²) in [6.07, 6.45) is 3.08. The van der Waals surface area contributed by atoms with Crippen molar-refractivity contribution in [3.8, 4) is 5.75 Å². The third-order valence-corrected chi connectivity index (χ3v) is 4.39. The fourth-order valence-corrected chi connectivity index (χ4v) is 2.77. The number of nitrogens with one attached hydrogen (secondary N) is 1. The van der Waals surface area contributed by atoms with Crippen molar-refractivity contribution >= 4 is 5.91 Å². The Bertz CT molecular complexity index is 464. The number of hydrogen-bond donors (Lipinski definition) is 1. The van der Waals surface area contributed by atoms with Crippen molar-refractivity contribution in [3.05, 3.63) is 29.8 Å². The Morgan fingerprint density at radius 1 is 1.32 bits per heavy atom. The fourth-order valence-electron chi connectivity index (χ4n) is 2.77.